The average Bonchev–Trinajstić information content (AvgIpc) is 2.36. The molecule has 0 amide bonds. The number of para-hydroxylation sites is 1. The molecule has 0 aliphatic heterocycles. The van der Waals surface area contributed by atoms with Gasteiger partial charge < -0.3 is 5.11 Å². The summed E-state index contributed by atoms with van der Waals surface area (Å²) in [5.74, 6) is 0.995. The van der Waals surface area contributed by atoms with Crippen LogP contribution in [-0.2, 0) is 6.42 Å². The molecule has 0 saturated carbocycles. The van der Waals surface area contributed by atoms with Gasteiger partial charge in [0, 0.05) is 17.5 Å². The van der Waals surface area contributed by atoms with Crippen LogP contribution >= 0.6 is 11.8 Å². The third kappa shape index (κ3) is 3.45. The van der Waals surface area contributed by atoms with Crippen LogP contribution in [0.2, 0.25) is 0 Å². The molecule has 0 radical (unpaired) electrons. The molecule has 1 aromatic carbocycles. The second kappa shape index (κ2) is 6.03. The van der Waals surface area contributed by atoms with E-state index in [-0.39, 0.29) is 6.10 Å². The quantitative estimate of drug-likeness (QED) is 0.882. The van der Waals surface area contributed by atoms with E-state index >= 15 is 0 Å². The maximum Gasteiger partial charge on any atom is 0.0705 e. The summed E-state index contributed by atoms with van der Waals surface area (Å²) in [5.41, 5.74) is 1.97. The van der Waals surface area contributed by atoms with Crippen molar-refractivity contribution < 1.29 is 5.11 Å². The smallest absolute Gasteiger partial charge is 0.0705 e. The molecule has 1 N–H and O–H groups in total. The summed E-state index contributed by atoms with van der Waals surface area (Å²) in [7, 11) is 0. The van der Waals surface area contributed by atoms with Crippen LogP contribution in [0.15, 0.2) is 36.4 Å². The minimum atomic E-state index is -0.281. The monoisotopic (exact) mass is 247 g/mol. The molecule has 1 aromatic heterocycles. The highest BCUT2D eigenvalue weighted by Gasteiger charge is 2.06. The van der Waals surface area contributed by atoms with Crippen LogP contribution in [0, 0.1) is 0 Å². The third-order valence-electron chi connectivity index (χ3n) is 2.76. The summed E-state index contributed by atoms with van der Waals surface area (Å²) in [6.07, 6.45) is 3.25. The number of aromatic nitrogens is 1. The Morgan fingerprint density at radius 2 is 2.06 bits per heavy atom. The first-order valence-corrected chi connectivity index (χ1v) is 7.20. The highest BCUT2D eigenvalue weighted by Crippen LogP contribution is 2.13. The SMILES string of the molecule is CSCCC(O)Cc1ccc2ccccc2n1. The van der Waals surface area contributed by atoms with Crippen LogP contribution in [0.25, 0.3) is 10.9 Å². The summed E-state index contributed by atoms with van der Waals surface area (Å²) < 4.78 is 0. The minimum Gasteiger partial charge on any atom is -0.393 e. The van der Waals surface area contributed by atoms with Crippen LogP contribution in [0.1, 0.15) is 12.1 Å². The molecule has 90 valence electrons. The summed E-state index contributed by atoms with van der Waals surface area (Å²) in [6, 6.07) is 12.1. The van der Waals surface area contributed by atoms with Gasteiger partial charge in [0.15, 0.2) is 0 Å². The van der Waals surface area contributed by atoms with Gasteiger partial charge in [0.2, 0.25) is 0 Å². The lowest BCUT2D eigenvalue weighted by atomic mass is 10.1. The van der Waals surface area contributed by atoms with Crippen molar-refractivity contribution in [2.75, 3.05) is 12.0 Å². The third-order valence-corrected chi connectivity index (χ3v) is 3.40. The van der Waals surface area contributed by atoms with Gasteiger partial charge in [0.05, 0.1) is 11.6 Å². The number of rotatable bonds is 5. The molecule has 2 aromatic rings. The van der Waals surface area contributed by atoms with E-state index in [1.54, 1.807) is 11.8 Å². The summed E-state index contributed by atoms with van der Waals surface area (Å²) in [4.78, 5) is 4.56. The molecule has 0 saturated heterocycles. The Morgan fingerprint density at radius 3 is 2.88 bits per heavy atom. The molecule has 1 heterocycles. The van der Waals surface area contributed by atoms with E-state index in [1.807, 2.05) is 24.3 Å². The second-order valence-electron chi connectivity index (χ2n) is 4.13. The number of benzene rings is 1. The first-order chi connectivity index (χ1) is 8.29. The average molecular weight is 247 g/mol. The molecule has 0 aliphatic rings. The van der Waals surface area contributed by atoms with Crippen molar-refractivity contribution in [1.29, 1.82) is 0 Å². The molecular formula is C14H17NOS. The molecule has 0 aliphatic carbocycles. The summed E-state index contributed by atoms with van der Waals surface area (Å²) in [6.45, 7) is 0. The van der Waals surface area contributed by atoms with Gasteiger partial charge in [-0.1, -0.05) is 24.3 Å². The largest absolute Gasteiger partial charge is 0.393 e. The zero-order valence-electron chi connectivity index (χ0n) is 9.97. The van der Waals surface area contributed by atoms with E-state index < -0.39 is 0 Å². The highest BCUT2D eigenvalue weighted by molar-refractivity contribution is 7.98. The predicted molar refractivity (Wildman–Crippen MR) is 74.5 cm³/mol. The van der Waals surface area contributed by atoms with Gasteiger partial charge in [0.1, 0.15) is 0 Å². The zero-order valence-corrected chi connectivity index (χ0v) is 10.8. The van der Waals surface area contributed by atoms with Crippen molar-refractivity contribution in [3.8, 4) is 0 Å². The molecule has 2 rings (SSSR count). The van der Waals surface area contributed by atoms with Gasteiger partial charge in [-0.2, -0.15) is 11.8 Å². The number of fused-ring (bicyclic) bond motifs is 1. The Bertz CT molecular complexity index is 486. The van der Waals surface area contributed by atoms with Crippen molar-refractivity contribution in [3.63, 3.8) is 0 Å². The van der Waals surface area contributed by atoms with E-state index in [0.717, 1.165) is 28.8 Å². The highest BCUT2D eigenvalue weighted by atomic mass is 32.2. The van der Waals surface area contributed by atoms with Gasteiger partial charge in [0.25, 0.3) is 0 Å². The second-order valence-corrected chi connectivity index (χ2v) is 5.12. The topological polar surface area (TPSA) is 33.1 Å². The van der Waals surface area contributed by atoms with Crippen LogP contribution in [0.5, 0.6) is 0 Å². The van der Waals surface area contributed by atoms with Crippen LogP contribution in [0.4, 0.5) is 0 Å². The summed E-state index contributed by atoms with van der Waals surface area (Å²) in [5, 5.41) is 11.0. The Hall–Kier alpha value is -1.06. The molecule has 17 heavy (non-hydrogen) atoms. The maximum atomic E-state index is 9.85. The van der Waals surface area contributed by atoms with Crippen LogP contribution in [0.3, 0.4) is 0 Å². The number of hydrogen-bond acceptors (Lipinski definition) is 3. The van der Waals surface area contributed by atoms with Crippen LogP contribution < -0.4 is 0 Å². The van der Waals surface area contributed by atoms with Crippen molar-refractivity contribution in [1.82, 2.24) is 4.98 Å². The normalized spacial score (nSPS) is 12.8. The van der Waals surface area contributed by atoms with Gasteiger partial charge in [-0.3, -0.25) is 4.98 Å². The lowest BCUT2D eigenvalue weighted by Gasteiger charge is -2.09. The molecule has 1 atom stereocenters. The first kappa shape index (κ1) is 12.4. The lowest BCUT2D eigenvalue weighted by molar-refractivity contribution is 0.171. The van der Waals surface area contributed by atoms with Gasteiger partial charge in [-0.25, -0.2) is 0 Å². The lowest BCUT2D eigenvalue weighted by Crippen LogP contribution is -2.12. The number of pyridine rings is 1. The van der Waals surface area contributed by atoms with Gasteiger partial charge in [-0.05, 0) is 30.6 Å². The minimum absolute atomic E-state index is 0.281. The molecule has 0 spiro atoms. The van der Waals surface area contributed by atoms with E-state index in [4.69, 9.17) is 0 Å². The Kier molecular flexibility index (Phi) is 4.40. The van der Waals surface area contributed by atoms with Crippen molar-refractivity contribution >= 4 is 22.7 Å². The summed E-state index contributed by atoms with van der Waals surface area (Å²) >= 11 is 1.76. The van der Waals surface area contributed by atoms with Crippen molar-refractivity contribution in [3.05, 3.63) is 42.1 Å². The van der Waals surface area contributed by atoms with Gasteiger partial charge in [-0.15, -0.1) is 0 Å². The van der Waals surface area contributed by atoms with Gasteiger partial charge >= 0.3 is 0 Å². The fraction of sp³-hybridized carbons (Fsp3) is 0.357. The van der Waals surface area contributed by atoms with Crippen molar-refractivity contribution in [2.24, 2.45) is 0 Å². The fourth-order valence-corrected chi connectivity index (χ4v) is 2.33. The first-order valence-electron chi connectivity index (χ1n) is 5.81. The van der Waals surface area contributed by atoms with Crippen molar-refractivity contribution in [2.45, 2.75) is 18.9 Å². The number of thioether (sulfide) groups is 1. The molecule has 1 unspecified atom stereocenters. The maximum absolute atomic E-state index is 9.85. The number of nitrogens with zero attached hydrogens (tertiary/aromatic N) is 1. The molecular weight excluding hydrogens is 230 g/mol. The fourth-order valence-electron chi connectivity index (χ4n) is 1.82. The Balaban J connectivity index is 2.08. The zero-order chi connectivity index (χ0) is 12.1. The molecule has 3 heteroatoms. The predicted octanol–water partition coefficient (Wildman–Crippen LogP) is 2.89. The van der Waals surface area contributed by atoms with Crippen LogP contribution in [-0.4, -0.2) is 28.2 Å². The molecule has 0 bridgehead atoms. The standard InChI is InChI=1S/C14H17NOS/c1-17-9-8-13(16)10-12-7-6-11-4-2-3-5-14(11)15-12/h2-7,13,16H,8-10H2,1H3. The van der Waals surface area contributed by atoms with E-state index in [0.29, 0.717) is 6.42 Å². The number of hydrogen-bond donors (Lipinski definition) is 1. The van der Waals surface area contributed by atoms with E-state index in [1.165, 1.54) is 0 Å². The van der Waals surface area contributed by atoms with E-state index in [9.17, 15) is 5.11 Å². The Morgan fingerprint density at radius 1 is 1.24 bits per heavy atom. The van der Waals surface area contributed by atoms with E-state index in [2.05, 4.69) is 23.4 Å². The molecule has 2 nitrogen and oxygen atoms in total. The Labute approximate surface area is 106 Å². The number of aliphatic hydroxyl groups is 1. The molecule has 0 fully saturated rings. The number of aliphatic hydroxyl groups excluding tert-OH is 1.